The van der Waals surface area contributed by atoms with Crippen molar-refractivity contribution >= 4 is 6.09 Å². The maximum Gasteiger partial charge on any atom is 0.409 e. The second kappa shape index (κ2) is 4.08. The third-order valence-electron chi connectivity index (χ3n) is 1.94. The van der Waals surface area contributed by atoms with E-state index in [1.165, 1.54) is 4.90 Å². The number of alkyl halides is 1. The van der Waals surface area contributed by atoms with E-state index in [0.717, 1.165) is 0 Å². The predicted octanol–water partition coefficient (Wildman–Crippen LogP) is 0.936. The van der Waals surface area contributed by atoms with E-state index in [-0.39, 0.29) is 19.7 Å². The Morgan fingerprint density at radius 1 is 1.77 bits per heavy atom. The van der Waals surface area contributed by atoms with Crippen molar-refractivity contribution in [3.63, 3.8) is 0 Å². The lowest BCUT2D eigenvalue weighted by Crippen LogP contribution is -2.29. The van der Waals surface area contributed by atoms with Gasteiger partial charge in [-0.05, 0) is 6.92 Å². The SMILES string of the molecule is CCOC(=O)N1CC(F)C(C#N)C1. The van der Waals surface area contributed by atoms with Crippen LogP contribution in [0.5, 0.6) is 0 Å². The highest BCUT2D eigenvalue weighted by Gasteiger charge is 2.36. The van der Waals surface area contributed by atoms with Gasteiger partial charge in [0, 0.05) is 6.54 Å². The third-order valence-corrected chi connectivity index (χ3v) is 1.94. The summed E-state index contributed by atoms with van der Waals surface area (Å²) < 4.78 is 17.6. The molecule has 0 N–H and O–H groups in total. The van der Waals surface area contributed by atoms with Gasteiger partial charge in [-0.2, -0.15) is 5.26 Å². The quantitative estimate of drug-likeness (QED) is 0.612. The van der Waals surface area contributed by atoms with Gasteiger partial charge in [0.25, 0.3) is 0 Å². The molecular weight excluding hydrogens is 175 g/mol. The number of hydrogen-bond donors (Lipinski definition) is 0. The summed E-state index contributed by atoms with van der Waals surface area (Å²) >= 11 is 0. The molecule has 5 heteroatoms. The van der Waals surface area contributed by atoms with Gasteiger partial charge in [0.2, 0.25) is 0 Å². The second-order valence-corrected chi connectivity index (χ2v) is 2.86. The van der Waals surface area contributed by atoms with Gasteiger partial charge in [-0.3, -0.25) is 0 Å². The van der Waals surface area contributed by atoms with Crippen molar-refractivity contribution in [1.82, 2.24) is 4.90 Å². The fourth-order valence-corrected chi connectivity index (χ4v) is 1.25. The number of likely N-dealkylation sites (tertiary alicyclic amines) is 1. The summed E-state index contributed by atoms with van der Waals surface area (Å²) in [5.41, 5.74) is 0. The molecule has 0 aromatic rings. The molecule has 0 aromatic carbocycles. The Hall–Kier alpha value is -1.31. The molecule has 1 fully saturated rings. The van der Waals surface area contributed by atoms with Crippen molar-refractivity contribution < 1.29 is 13.9 Å². The largest absolute Gasteiger partial charge is 0.450 e. The van der Waals surface area contributed by atoms with E-state index in [9.17, 15) is 9.18 Å². The molecule has 1 aliphatic heterocycles. The number of ether oxygens (including phenoxy) is 1. The fourth-order valence-electron chi connectivity index (χ4n) is 1.25. The lowest BCUT2D eigenvalue weighted by molar-refractivity contribution is 0.113. The highest BCUT2D eigenvalue weighted by atomic mass is 19.1. The summed E-state index contributed by atoms with van der Waals surface area (Å²) in [6.45, 7) is 2.06. The van der Waals surface area contributed by atoms with Gasteiger partial charge in [-0.25, -0.2) is 9.18 Å². The summed E-state index contributed by atoms with van der Waals surface area (Å²) in [4.78, 5) is 12.3. The van der Waals surface area contributed by atoms with Crippen LogP contribution in [0.3, 0.4) is 0 Å². The Balaban J connectivity index is 2.49. The summed E-state index contributed by atoms with van der Waals surface area (Å²) in [7, 11) is 0. The number of nitrogens with zero attached hydrogens (tertiary/aromatic N) is 2. The normalized spacial score (nSPS) is 27.0. The lowest BCUT2D eigenvalue weighted by atomic mass is 10.1. The minimum Gasteiger partial charge on any atom is -0.450 e. The average molecular weight is 186 g/mol. The van der Waals surface area contributed by atoms with E-state index >= 15 is 0 Å². The van der Waals surface area contributed by atoms with Crippen LogP contribution in [0.1, 0.15) is 6.92 Å². The van der Waals surface area contributed by atoms with E-state index in [4.69, 9.17) is 5.26 Å². The van der Waals surface area contributed by atoms with Crippen molar-refractivity contribution in [2.75, 3.05) is 19.7 Å². The zero-order valence-electron chi connectivity index (χ0n) is 7.36. The molecular formula is C8H11FN2O2. The molecule has 2 atom stereocenters. The van der Waals surface area contributed by atoms with Gasteiger partial charge in [-0.1, -0.05) is 0 Å². The van der Waals surface area contributed by atoms with Gasteiger partial charge in [0.05, 0.1) is 25.1 Å². The highest BCUT2D eigenvalue weighted by Crippen LogP contribution is 2.19. The van der Waals surface area contributed by atoms with Crippen LogP contribution in [0.15, 0.2) is 0 Å². The van der Waals surface area contributed by atoms with Crippen LogP contribution in [0.25, 0.3) is 0 Å². The Morgan fingerprint density at radius 2 is 2.46 bits per heavy atom. The molecule has 1 amide bonds. The number of hydrogen-bond acceptors (Lipinski definition) is 3. The van der Waals surface area contributed by atoms with Crippen LogP contribution in [0, 0.1) is 17.2 Å². The number of rotatable bonds is 1. The van der Waals surface area contributed by atoms with E-state index < -0.39 is 18.2 Å². The Morgan fingerprint density at radius 3 is 2.92 bits per heavy atom. The molecule has 0 radical (unpaired) electrons. The molecule has 1 saturated heterocycles. The Bertz CT molecular complexity index is 239. The molecule has 0 aliphatic carbocycles. The first kappa shape index (κ1) is 9.78. The zero-order valence-corrected chi connectivity index (χ0v) is 7.36. The minimum atomic E-state index is -1.24. The highest BCUT2D eigenvalue weighted by molar-refractivity contribution is 5.68. The molecule has 1 aliphatic rings. The summed E-state index contributed by atoms with van der Waals surface area (Å²) in [6.07, 6.45) is -1.78. The smallest absolute Gasteiger partial charge is 0.409 e. The minimum absolute atomic E-state index is 0.0307. The van der Waals surface area contributed by atoms with Gasteiger partial charge < -0.3 is 9.64 Å². The van der Waals surface area contributed by atoms with Crippen LogP contribution in [-0.2, 0) is 4.74 Å². The first-order chi connectivity index (χ1) is 6.19. The van der Waals surface area contributed by atoms with Gasteiger partial charge >= 0.3 is 6.09 Å². The number of carbonyl (C=O) groups excluding carboxylic acids is 1. The first-order valence-corrected chi connectivity index (χ1v) is 4.14. The Labute approximate surface area is 75.9 Å². The van der Waals surface area contributed by atoms with E-state index in [1.807, 2.05) is 6.07 Å². The molecule has 2 unspecified atom stereocenters. The number of nitriles is 1. The van der Waals surface area contributed by atoms with Crippen LogP contribution in [0.4, 0.5) is 9.18 Å². The van der Waals surface area contributed by atoms with Crippen LogP contribution >= 0.6 is 0 Å². The fraction of sp³-hybridized carbons (Fsp3) is 0.750. The molecule has 1 heterocycles. The molecule has 0 spiro atoms. The van der Waals surface area contributed by atoms with Gasteiger partial charge in [-0.15, -0.1) is 0 Å². The standard InChI is InChI=1S/C8H11FN2O2/c1-2-13-8(12)11-4-6(3-10)7(9)5-11/h6-7H,2,4-5H2,1H3. The third kappa shape index (κ3) is 2.08. The predicted molar refractivity (Wildman–Crippen MR) is 42.6 cm³/mol. The van der Waals surface area contributed by atoms with Crippen LogP contribution < -0.4 is 0 Å². The van der Waals surface area contributed by atoms with Gasteiger partial charge in [0.15, 0.2) is 0 Å². The maximum atomic E-state index is 13.0. The second-order valence-electron chi connectivity index (χ2n) is 2.86. The monoisotopic (exact) mass is 186 g/mol. The molecule has 1 rings (SSSR count). The summed E-state index contributed by atoms with van der Waals surface area (Å²) in [5.74, 6) is -0.704. The average Bonchev–Trinajstić information content (AvgIpc) is 2.47. The lowest BCUT2D eigenvalue weighted by Gasteiger charge is -2.13. The van der Waals surface area contributed by atoms with Crippen molar-refractivity contribution in [3.05, 3.63) is 0 Å². The molecule has 4 nitrogen and oxygen atoms in total. The molecule has 13 heavy (non-hydrogen) atoms. The van der Waals surface area contributed by atoms with Crippen molar-refractivity contribution in [2.24, 2.45) is 5.92 Å². The molecule has 0 aromatic heterocycles. The van der Waals surface area contributed by atoms with Crippen molar-refractivity contribution in [3.8, 4) is 6.07 Å². The topological polar surface area (TPSA) is 53.3 Å². The van der Waals surface area contributed by atoms with Crippen molar-refractivity contribution in [1.29, 1.82) is 5.26 Å². The van der Waals surface area contributed by atoms with E-state index in [1.54, 1.807) is 6.92 Å². The number of halogens is 1. The van der Waals surface area contributed by atoms with Crippen LogP contribution in [0.2, 0.25) is 0 Å². The molecule has 0 saturated carbocycles. The summed E-state index contributed by atoms with van der Waals surface area (Å²) in [5, 5.41) is 8.50. The number of amides is 1. The van der Waals surface area contributed by atoms with E-state index in [0.29, 0.717) is 0 Å². The first-order valence-electron chi connectivity index (χ1n) is 4.14. The summed E-state index contributed by atoms with van der Waals surface area (Å²) in [6, 6.07) is 1.82. The molecule has 0 bridgehead atoms. The molecule has 72 valence electrons. The zero-order chi connectivity index (χ0) is 9.84. The number of carbonyl (C=O) groups is 1. The van der Waals surface area contributed by atoms with Crippen molar-refractivity contribution in [2.45, 2.75) is 13.1 Å². The van der Waals surface area contributed by atoms with E-state index in [2.05, 4.69) is 4.74 Å². The van der Waals surface area contributed by atoms with Gasteiger partial charge in [0.1, 0.15) is 6.17 Å². The van der Waals surface area contributed by atoms with Crippen LogP contribution in [-0.4, -0.2) is 36.9 Å². The maximum absolute atomic E-state index is 13.0. The Kier molecular flexibility index (Phi) is 3.07.